The summed E-state index contributed by atoms with van der Waals surface area (Å²) >= 11 is 1.16. The highest BCUT2D eigenvalue weighted by Gasteiger charge is 2.35. The standard InChI is InChI=1S/C25H25F4N3O3S/c1-16-3-5-20(18(13-16)25(27,28)29)35-21-6-4-17(14-19(21)26)15-22-23(33)31-24(36-22)30-7-2-8-32-9-11-34-12-10-32/h3-6,13-15H,2,7-12H2,1H3,(H,30,31,33)/b22-15-. The number of hydrogen-bond donors (Lipinski definition) is 1. The van der Waals surface area contributed by atoms with Crippen LogP contribution in [0.25, 0.3) is 6.08 Å². The maximum absolute atomic E-state index is 14.7. The summed E-state index contributed by atoms with van der Waals surface area (Å²) in [5.41, 5.74) is -0.209. The first-order valence-corrected chi connectivity index (χ1v) is 12.2. The number of alkyl halides is 3. The highest BCUT2D eigenvalue weighted by molar-refractivity contribution is 8.18. The lowest BCUT2D eigenvalue weighted by Crippen LogP contribution is -2.37. The Morgan fingerprint density at radius 3 is 2.64 bits per heavy atom. The molecule has 0 bridgehead atoms. The summed E-state index contributed by atoms with van der Waals surface area (Å²) in [6.07, 6.45) is -2.30. The van der Waals surface area contributed by atoms with Crippen LogP contribution in [-0.2, 0) is 15.7 Å². The van der Waals surface area contributed by atoms with E-state index >= 15 is 0 Å². The van der Waals surface area contributed by atoms with Crippen molar-refractivity contribution in [1.82, 2.24) is 10.2 Å². The zero-order valence-electron chi connectivity index (χ0n) is 19.5. The largest absolute Gasteiger partial charge is 0.454 e. The highest BCUT2D eigenvalue weighted by Crippen LogP contribution is 2.39. The summed E-state index contributed by atoms with van der Waals surface area (Å²) in [7, 11) is 0. The quantitative estimate of drug-likeness (QED) is 0.306. The molecule has 0 atom stereocenters. The number of aryl methyl sites for hydroxylation is 1. The molecule has 2 saturated heterocycles. The van der Waals surface area contributed by atoms with Crippen molar-refractivity contribution in [3.63, 3.8) is 0 Å². The molecule has 0 aliphatic carbocycles. The van der Waals surface area contributed by atoms with Crippen molar-refractivity contribution in [2.45, 2.75) is 19.5 Å². The average molecular weight is 524 g/mol. The van der Waals surface area contributed by atoms with Gasteiger partial charge in [0.05, 0.1) is 23.7 Å². The predicted molar refractivity (Wildman–Crippen MR) is 131 cm³/mol. The van der Waals surface area contributed by atoms with Crippen LogP contribution in [0.1, 0.15) is 23.1 Å². The lowest BCUT2D eigenvalue weighted by molar-refractivity contribution is -0.138. The van der Waals surface area contributed by atoms with Crippen LogP contribution in [0.3, 0.4) is 0 Å². The molecule has 0 unspecified atom stereocenters. The van der Waals surface area contributed by atoms with Gasteiger partial charge in [0.15, 0.2) is 16.7 Å². The Morgan fingerprint density at radius 1 is 1.17 bits per heavy atom. The fourth-order valence-corrected chi connectivity index (χ4v) is 4.56. The first-order chi connectivity index (χ1) is 17.2. The number of rotatable bonds is 7. The molecular weight excluding hydrogens is 498 g/mol. The van der Waals surface area contributed by atoms with Crippen LogP contribution < -0.4 is 10.1 Å². The molecule has 6 nitrogen and oxygen atoms in total. The predicted octanol–water partition coefficient (Wildman–Crippen LogP) is 5.23. The zero-order chi connectivity index (χ0) is 25.7. The molecule has 1 N–H and O–H groups in total. The van der Waals surface area contributed by atoms with Gasteiger partial charge in [-0.1, -0.05) is 17.7 Å². The summed E-state index contributed by atoms with van der Waals surface area (Å²) in [6.45, 7) is 6.29. The average Bonchev–Trinajstić information content (AvgIpc) is 3.18. The van der Waals surface area contributed by atoms with Gasteiger partial charge in [-0.25, -0.2) is 4.39 Å². The second kappa shape index (κ2) is 11.4. The van der Waals surface area contributed by atoms with E-state index in [1.165, 1.54) is 31.2 Å². The fourth-order valence-electron chi connectivity index (χ4n) is 3.72. The molecule has 2 aliphatic rings. The minimum absolute atomic E-state index is 0.341. The summed E-state index contributed by atoms with van der Waals surface area (Å²) in [6, 6.07) is 7.38. The fraction of sp³-hybridized carbons (Fsp3) is 0.360. The van der Waals surface area contributed by atoms with Gasteiger partial charge in [0.1, 0.15) is 5.75 Å². The molecule has 0 radical (unpaired) electrons. The van der Waals surface area contributed by atoms with Crippen LogP contribution in [0.2, 0.25) is 0 Å². The minimum Gasteiger partial charge on any atom is -0.454 e. The smallest absolute Gasteiger partial charge is 0.419 e. The Labute approximate surface area is 210 Å². The molecule has 0 aromatic heterocycles. The van der Waals surface area contributed by atoms with Gasteiger partial charge < -0.3 is 14.8 Å². The zero-order valence-corrected chi connectivity index (χ0v) is 20.3. The van der Waals surface area contributed by atoms with Crippen LogP contribution in [-0.4, -0.2) is 55.4 Å². The lowest BCUT2D eigenvalue weighted by atomic mass is 10.1. The number of aliphatic imine (C=N–C) groups is 1. The van der Waals surface area contributed by atoms with Crippen LogP contribution in [0, 0.1) is 12.7 Å². The normalized spacial score (nSPS) is 19.2. The summed E-state index contributed by atoms with van der Waals surface area (Å²) in [5.74, 6) is -2.03. The number of nitrogens with one attached hydrogen (secondary N) is 1. The number of amidine groups is 1. The van der Waals surface area contributed by atoms with E-state index in [4.69, 9.17) is 9.47 Å². The lowest BCUT2D eigenvalue weighted by Gasteiger charge is -2.26. The second-order valence-corrected chi connectivity index (χ2v) is 9.38. The molecule has 36 heavy (non-hydrogen) atoms. The number of amides is 1. The molecule has 0 spiro atoms. The molecule has 2 heterocycles. The number of morpholine rings is 1. The van der Waals surface area contributed by atoms with Crippen molar-refractivity contribution < 1.29 is 31.8 Å². The van der Waals surface area contributed by atoms with Crippen molar-refractivity contribution in [1.29, 1.82) is 0 Å². The van der Waals surface area contributed by atoms with Crippen molar-refractivity contribution in [3.05, 3.63) is 63.8 Å². The van der Waals surface area contributed by atoms with Crippen molar-refractivity contribution in [2.24, 2.45) is 4.99 Å². The van der Waals surface area contributed by atoms with Crippen LogP contribution >= 0.6 is 11.8 Å². The number of ether oxygens (including phenoxy) is 2. The SMILES string of the molecule is Cc1ccc(Oc2ccc(/C=C3\SC(=NCCCN4CCOCC4)NC3=O)cc2F)c(C(F)(F)F)c1. The third-order valence-corrected chi connectivity index (χ3v) is 6.50. The molecule has 1 amide bonds. The Hall–Kier alpha value is -2.89. The van der Waals surface area contributed by atoms with Gasteiger partial charge in [-0.15, -0.1) is 0 Å². The Bertz CT molecular complexity index is 1180. The van der Waals surface area contributed by atoms with Crippen LogP contribution in [0.5, 0.6) is 11.5 Å². The summed E-state index contributed by atoms with van der Waals surface area (Å²) in [5, 5.41) is 3.17. The van der Waals surface area contributed by atoms with E-state index in [0.717, 1.165) is 69.2 Å². The monoisotopic (exact) mass is 523 g/mol. The van der Waals surface area contributed by atoms with Gasteiger partial charge in [0.25, 0.3) is 5.91 Å². The molecule has 2 aromatic carbocycles. The highest BCUT2D eigenvalue weighted by atomic mass is 32.2. The molecular formula is C25H25F4N3O3S. The number of carbonyl (C=O) groups is 1. The van der Waals surface area contributed by atoms with Crippen molar-refractivity contribution in [2.75, 3.05) is 39.4 Å². The van der Waals surface area contributed by atoms with E-state index < -0.39 is 23.3 Å². The Balaban J connectivity index is 1.39. The van der Waals surface area contributed by atoms with E-state index in [9.17, 15) is 22.4 Å². The summed E-state index contributed by atoms with van der Waals surface area (Å²) in [4.78, 5) is 19.4. The van der Waals surface area contributed by atoms with Gasteiger partial charge in [-0.3, -0.25) is 14.7 Å². The summed E-state index contributed by atoms with van der Waals surface area (Å²) < 4.78 is 65.3. The number of halogens is 4. The Kier molecular flexibility index (Phi) is 8.32. The molecule has 11 heteroatoms. The number of hydrogen-bond acceptors (Lipinski definition) is 6. The molecule has 2 fully saturated rings. The van der Waals surface area contributed by atoms with Crippen LogP contribution in [0.4, 0.5) is 17.6 Å². The first kappa shape index (κ1) is 26.2. The van der Waals surface area contributed by atoms with Gasteiger partial charge in [-0.05, 0) is 61.0 Å². The minimum atomic E-state index is -4.64. The van der Waals surface area contributed by atoms with Crippen molar-refractivity contribution in [3.8, 4) is 11.5 Å². The molecule has 0 saturated carbocycles. The number of benzene rings is 2. The maximum Gasteiger partial charge on any atom is 0.419 e. The van der Waals surface area contributed by atoms with Crippen molar-refractivity contribution >= 4 is 28.9 Å². The third kappa shape index (κ3) is 6.86. The number of nitrogens with zero attached hydrogens (tertiary/aromatic N) is 2. The van der Waals surface area contributed by atoms with Gasteiger partial charge in [0, 0.05) is 26.2 Å². The van der Waals surface area contributed by atoms with E-state index in [1.54, 1.807) is 0 Å². The number of thioether (sulfide) groups is 1. The first-order valence-electron chi connectivity index (χ1n) is 11.4. The molecule has 2 aromatic rings. The van der Waals surface area contributed by atoms with Gasteiger partial charge >= 0.3 is 6.18 Å². The van der Waals surface area contributed by atoms with E-state index in [0.29, 0.717) is 27.7 Å². The van der Waals surface area contributed by atoms with Gasteiger partial charge in [0.2, 0.25) is 0 Å². The number of carbonyl (C=O) groups excluding carboxylic acids is 1. The molecule has 192 valence electrons. The van der Waals surface area contributed by atoms with Crippen LogP contribution in [0.15, 0.2) is 46.3 Å². The maximum atomic E-state index is 14.7. The van der Waals surface area contributed by atoms with Gasteiger partial charge in [-0.2, -0.15) is 13.2 Å². The molecule has 2 aliphatic heterocycles. The van der Waals surface area contributed by atoms with E-state index in [1.807, 2.05) is 0 Å². The Morgan fingerprint density at radius 2 is 1.92 bits per heavy atom. The van der Waals surface area contributed by atoms with E-state index in [2.05, 4.69) is 15.2 Å². The van der Waals surface area contributed by atoms with E-state index in [-0.39, 0.29) is 11.7 Å². The second-order valence-electron chi connectivity index (χ2n) is 8.35. The third-order valence-electron chi connectivity index (χ3n) is 5.56. The molecule has 4 rings (SSSR count). The topological polar surface area (TPSA) is 63.2 Å².